The number of benzene rings is 2. The largest absolute Gasteiger partial charge is 0.490 e. The third kappa shape index (κ3) is 6.84. The quantitative estimate of drug-likeness (QED) is 0.385. The van der Waals surface area contributed by atoms with Gasteiger partial charge in [-0.05, 0) is 62.2 Å². The summed E-state index contributed by atoms with van der Waals surface area (Å²) in [5.74, 6) is 1.77. The Morgan fingerprint density at radius 2 is 1.46 bits per heavy atom. The number of carbonyl (C=O) groups excluding carboxylic acids is 2. The van der Waals surface area contributed by atoms with Gasteiger partial charge in [-0.2, -0.15) is 0 Å². The third-order valence-corrected chi connectivity index (χ3v) is 6.27. The Kier molecular flexibility index (Phi) is 7.47. The monoisotopic (exact) mass is 503 g/mol. The predicted molar refractivity (Wildman–Crippen MR) is 139 cm³/mol. The molecule has 1 aromatic heterocycles. The van der Waals surface area contributed by atoms with Crippen LogP contribution in [-0.2, 0) is 10.2 Å². The molecule has 0 unspecified atom stereocenters. The zero-order valence-corrected chi connectivity index (χ0v) is 21.9. The molecule has 3 aromatic rings. The van der Waals surface area contributed by atoms with Gasteiger partial charge in [0.2, 0.25) is 5.88 Å². The second-order valence-electron chi connectivity index (χ2n) is 10.7. The molecule has 1 aliphatic carbocycles. The Morgan fingerprint density at radius 3 is 1.97 bits per heavy atom. The molecule has 0 bridgehead atoms. The van der Waals surface area contributed by atoms with Crippen molar-refractivity contribution >= 4 is 12.4 Å². The lowest BCUT2D eigenvalue weighted by Gasteiger charge is -2.36. The van der Waals surface area contributed by atoms with Crippen molar-refractivity contribution < 1.29 is 23.8 Å². The fourth-order valence-electron chi connectivity index (χ4n) is 4.07. The predicted octanol–water partition coefficient (Wildman–Crippen LogP) is 5.84. The first-order valence-corrected chi connectivity index (χ1v) is 12.4. The van der Waals surface area contributed by atoms with Gasteiger partial charge in [0.25, 0.3) is 0 Å². The molecule has 0 radical (unpaired) electrons. The molecule has 37 heavy (non-hydrogen) atoms. The van der Waals surface area contributed by atoms with Crippen molar-refractivity contribution in [1.29, 1.82) is 0 Å². The number of rotatable bonds is 8. The normalized spacial score (nSPS) is 17.3. The fourth-order valence-corrected chi connectivity index (χ4v) is 4.07. The second-order valence-corrected chi connectivity index (χ2v) is 10.7. The molecule has 2 aromatic carbocycles. The minimum atomic E-state index is -0.504. The maximum Gasteiger partial charge on any atom is 0.407 e. The average molecular weight is 504 g/mol. The van der Waals surface area contributed by atoms with Crippen LogP contribution in [0.2, 0.25) is 0 Å². The van der Waals surface area contributed by atoms with Gasteiger partial charge < -0.3 is 19.5 Å². The lowest BCUT2D eigenvalue weighted by atomic mass is 9.78. The third-order valence-electron chi connectivity index (χ3n) is 6.27. The van der Waals surface area contributed by atoms with E-state index in [1.54, 1.807) is 12.1 Å². The first-order chi connectivity index (χ1) is 17.5. The van der Waals surface area contributed by atoms with E-state index in [1.807, 2.05) is 57.2 Å². The van der Waals surface area contributed by atoms with Crippen LogP contribution < -0.4 is 14.8 Å². The lowest BCUT2D eigenvalue weighted by molar-refractivity contribution is 0.0362. The number of aromatic nitrogens is 2. The van der Waals surface area contributed by atoms with Crippen LogP contribution in [-0.4, -0.2) is 40.3 Å². The zero-order chi connectivity index (χ0) is 26.6. The second kappa shape index (κ2) is 10.6. The molecule has 1 heterocycles. The van der Waals surface area contributed by atoms with E-state index in [0.29, 0.717) is 17.9 Å². The molecule has 1 aliphatic rings. The van der Waals surface area contributed by atoms with E-state index in [0.717, 1.165) is 29.7 Å². The number of alkyl carbamates (subject to hydrolysis) is 1. The summed E-state index contributed by atoms with van der Waals surface area (Å²) in [5.41, 5.74) is 1.80. The van der Waals surface area contributed by atoms with E-state index < -0.39 is 5.60 Å². The summed E-state index contributed by atoms with van der Waals surface area (Å²) < 4.78 is 17.1. The molecule has 8 nitrogen and oxygen atoms in total. The van der Waals surface area contributed by atoms with Crippen LogP contribution in [0.3, 0.4) is 0 Å². The number of carbonyl (C=O) groups is 2. The molecule has 1 amide bonds. The highest BCUT2D eigenvalue weighted by molar-refractivity contribution is 5.71. The van der Waals surface area contributed by atoms with Gasteiger partial charge >= 0.3 is 6.09 Å². The number of nitrogens with one attached hydrogen (secondary N) is 1. The highest BCUT2D eigenvalue weighted by atomic mass is 16.6. The first-order valence-electron chi connectivity index (χ1n) is 12.4. The molecule has 0 aliphatic heterocycles. The summed E-state index contributed by atoms with van der Waals surface area (Å²) in [6.07, 6.45) is 1.85. The van der Waals surface area contributed by atoms with E-state index >= 15 is 0 Å². The molecule has 0 saturated heterocycles. The Morgan fingerprint density at radius 1 is 0.865 bits per heavy atom. The van der Waals surface area contributed by atoms with Crippen LogP contribution in [0, 0.1) is 0 Å². The van der Waals surface area contributed by atoms with Crippen LogP contribution >= 0.6 is 0 Å². The topological polar surface area (TPSA) is 99.6 Å². The molecule has 1 fully saturated rings. The number of nitrogens with zero attached hydrogens (tertiary/aromatic N) is 2. The van der Waals surface area contributed by atoms with E-state index in [-0.39, 0.29) is 29.3 Å². The molecule has 1 N–H and O–H groups in total. The SMILES string of the molecule is CC(C)(C)OC(=O)N[C@H]1C[C@H](Oc2ccc(C(C)(C)c3ccc(Oc4ccc(C=O)nn4)cc3)cc2)C1. The van der Waals surface area contributed by atoms with Gasteiger partial charge in [-0.1, -0.05) is 38.1 Å². The highest BCUT2D eigenvalue weighted by Crippen LogP contribution is 2.34. The number of aldehydes is 1. The van der Waals surface area contributed by atoms with Crippen molar-refractivity contribution in [2.75, 3.05) is 0 Å². The van der Waals surface area contributed by atoms with Gasteiger partial charge in [-0.25, -0.2) is 4.79 Å². The zero-order valence-electron chi connectivity index (χ0n) is 21.9. The standard InChI is InChI=1S/C29H33N3O5/c1-28(2,3)37-27(34)30-22-16-25(17-22)35-23-11-6-19(7-12-23)29(4,5)20-8-13-24(14-9-20)36-26-15-10-21(18-33)31-32-26/h6-15,18,22,25H,16-17H2,1-5H3,(H,30,34)/t22-,25-. The van der Waals surface area contributed by atoms with Crippen molar-refractivity contribution in [1.82, 2.24) is 15.5 Å². The number of ether oxygens (including phenoxy) is 3. The van der Waals surface area contributed by atoms with Crippen LogP contribution in [0.5, 0.6) is 17.4 Å². The Hall–Kier alpha value is -3.94. The van der Waals surface area contributed by atoms with Gasteiger partial charge in [-0.15, -0.1) is 10.2 Å². The Bertz CT molecular complexity index is 1210. The molecule has 0 atom stereocenters. The van der Waals surface area contributed by atoms with Crippen molar-refractivity contribution in [2.45, 2.75) is 70.6 Å². The van der Waals surface area contributed by atoms with Crippen molar-refractivity contribution in [2.24, 2.45) is 0 Å². The number of hydrogen-bond donors (Lipinski definition) is 1. The molecule has 8 heteroatoms. The summed E-state index contributed by atoms with van der Waals surface area (Å²) in [7, 11) is 0. The van der Waals surface area contributed by atoms with Crippen LogP contribution in [0.25, 0.3) is 0 Å². The molecule has 4 rings (SSSR count). The summed E-state index contributed by atoms with van der Waals surface area (Å²) in [4.78, 5) is 22.6. The van der Waals surface area contributed by atoms with Crippen LogP contribution in [0.4, 0.5) is 4.79 Å². The molecule has 1 saturated carbocycles. The lowest BCUT2D eigenvalue weighted by Crippen LogP contribution is -2.50. The smallest absolute Gasteiger partial charge is 0.407 e. The van der Waals surface area contributed by atoms with Gasteiger partial charge in [0, 0.05) is 30.4 Å². The van der Waals surface area contributed by atoms with E-state index in [9.17, 15) is 9.59 Å². The maximum atomic E-state index is 11.9. The van der Waals surface area contributed by atoms with Gasteiger partial charge in [0.1, 0.15) is 28.9 Å². The first kappa shape index (κ1) is 26.1. The average Bonchev–Trinajstić information content (AvgIpc) is 2.83. The fraction of sp³-hybridized carbons (Fsp3) is 0.379. The molecule has 194 valence electrons. The van der Waals surface area contributed by atoms with Crippen LogP contribution in [0.15, 0.2) is 60.7 Å². The van der Waals surface area contributed by atoms with Gasteiger partial charge in [-0.3, -0.25) is 4.79 Å². The summed E-state index contributed by atoms with van der Waals surface area (Å²) in [6.45, 7) is 9.88. The van der Waals surface area contributed by atoms with Crippen molar-refractivity contribution in [3.63, 3.8) is 0 Å². The number of amides is 1. The summed E-state index contributed by atoms with van der Waals surface area (Å²) >= 11 is 0. The summed E-state index contributed by atoms with van der Waals surface area (Å²) in [6, 6.07) is 19.2. The highest BCUT2D eigenvalue weighted by Gasteiger charge is 2.33. The van der Waals surface area contributed by atoms with Crippen LogP contribution in [0.1, 0.15) is 69.1 Å². The van der Waals surface area contributed by atoms with Gasteiger partial charge in [0.15, 0.2) is 6.29 Å². The van der Waals surface area contributed by atoms with E-state index in [2.05, 4.69) is 41.5 Å². The van der Waals surface area contributed by atoms with Crippen molar-refractivity contribution in [3.05, 3.63) is 77.5 Å². The van der Waals surface area contributed by atoms with E-state index in [1.165, 1.54) is 0 Å². The van der Waals surface area contributed by atoms with Crippen molar-refractivity contribution in [3.8, 4) is 17.4 Å². The molecule has 0 spiro atoms. The minimum absolute atomic E-state index is 0.0747. The minimum Gasteiger partial charge on any atom is -0.490 e. The number of hydrogen-bond acceptors (Lipinski definition) is 7. The van der Waals surface area contributed by atoms with E-state index in [4.69, 9.17) is 14.2 Å². The maximum absolute atomic E-state index is 11.9. The van der Waals surface area contributed by atoms with Gasteiger partial charge in [0.05, 0.1) is 0 Å². The molecular formula is C29H33N3O5. The summed E-state index contributed by atoms with van der Waals surface area (Å²) in [5, 5.41) is 10.6. The Balaban J connectivity index is 1.30. The molecular weight excluding hydrogens is 470 g/mol. The Labute approximate surface area is 217 Å².